The number of carbonyl (C=O) groups excluding carboxylic acids is 1. The van der Waals surface area contributed by atoms with Crippen LogP contribution in [0.1, 0.15) is 24.8 Å². The third-order valence-corrected chi connectivity index (χ3v) is 3.87. The molecule has 4 nitrogen and oxygen atoms in total. The van der Waals surface area contributed by atoms with Gasteiger partial charge in [0.15, 0.2) is 23.6 Å². The van der Waals surface area contributed by atoms with Gasteiger partial charge < -0.3 is 10.1 Å². The first-order valence-electron chi connectivity index (χ1n) is 7.47. The highest BCUT2D eigenvalue weighted by Gasteiger charge is 2.41. The van der Waals surface area contributed by atoms with Crippen LogP contribution in [0.3, 0.4) is 0 Å². The average Bonchev–Trinajstić information content (AvgIpc) is 3.32. The van der Waals surface area contributed by atoms with Crippen molar-refractivity contribution in [1.82, 2.24) is 10.3 Å². The van der Waals surface area contributed by atoms with Gasteiger partial charge >= 0.3 is 0 Å². The summed E-state index contributed by atoms with van der Waals surface area (Å²) in [5.74, 6) is -4.04. The maximum Gasteiger partial charge on any atom is 0.261 e. The summed E-state index contributed by atoms with van der Waals surface area (Å²) in [7, 11) is 0. The maximum atomic E-state index is 13.3. The third kappa shape index (κ3) is 3.50. The first kappa shape index (κ1) is 16.3. The Labute approximate surface area is 136 Å². The van der Waals surface area contributed by atoms with Crippen LogP contribution >= 0.6 is 0 Å². The monoisotopic (exact) mass is 336 g/mol. The second-order valence-corrected chi connectivity index (χ2v) is 5.70. The Morgan fingerprint density at radius 2 is 2.04 bits per heavy atom. The van der Waals surface area contributed by atoms with Gasteiger partial charge in [-0.3, -0.25) is 9.78 Å². The lowest BCUT2D eigenvalue weighted by Crippen LogP contribution is -2.38. The molecule has 3 atom stereocenters. The van der Waals surface area contributed by atoms with E-state index in [-0.39, 0.29) is 17.9 Å². The van der Waals surface area contributed by atoms with Crippen molar-refractivity contribution in [3.8, 4) is 5.75 Å². The molecule has 0 saturated heterocycles. The molecule has 1 aromatic carbocycles. The predicted molar refractivity (Wildman–Crippen MR) is 79.9 cm³/mol. The fraction of sp³-hybridized carbons (Fsp3) is 0.294. The summed E-state index contributed by atoms with van der Waals surface area (Å²) < 4.78 is 44.9. The molecule has 2 aromatic rings. The Hall–Kier alpha value is -2.57. The largest absolute Gasteiger partial charge is 0.479 e. The summed E-state index contributed by atoms with van der Waals surface area (Å²) in [6, 6.07) is 5.05. The van der Waals surface area contributed by atoms with Crippen molar-refractivity contribution >= 4 is 5.91 Å². The smallest absolute Gasteiger partial charge is 0.261 e. The van der Waals surface area contributed by atoms with Gasteiger partial charge in [-0.1, -0.05) is 0 Å². The van der Waals surface area contributed by atoms with Crippen LogP contribution < -0.4 is 10.1 Å². The molecule has 1 heterocycles. The van der Waals surface area contributed by atoms with Crippen molar-refractivity contribution in [2.45, 2.75) is 31.4 Å². The van der Waals surface area contributed by atoms with Gasteiger partial charge in [-0.25, -0.2) is 13.2 Å². The van der Waals surface area contributed by atoms with Crippen molar-refractivity contribution in [2.24, 2.45) is 0 Å². The molecule has 0 bridgehead atoms. The SMILES string of the molecule is C[C@H](Oc1cccnc1)C(=O)N[C@@H]1C[C@H]1c1cc(F)c(F)c(F)c1. The number of hydrogen-bond acceptors (Lipinski definition) is 3. The van der Waals surface area contributed by atoms with Crippen molar-refractivity contribution in [2.75, 3.05) is 0 Å². The summed E-state index contributed by atoms with van der Waals surface area (Å²) >= 11 is 0. The van der Waals surface area contributed by atoms with E-state index in [1.54, 1.807) is 25.3 Å². The number of amides is 1. The fourth-order valence-corrected chi connectivity index (χ4v) is 2.49. The summed E-state index contributed by atoms with van der Waals surface area (Å²) in [6.45, 7) is 1.59. The second kappa shape index (κ2) is 6.51. The van der Waals surface area contributed by atoms with E-state index in [0.29, 0.717) is 17.7 Å². The van der Waals surface area contributed by atoms with Crippen LogP contribution in [0, 0.1) is 17.5 Å². The zero-order chi connectivity index (χ0) is 17.3. The average molecular weight is 336 g/mol. The van der Waals surface area contributed by atoms with Gasteiger partial charge in [0.2, 0.25) is 0 Å². The second-order valence-electron chi connectivity index (χ2n) is 5.70. The van der Waals surface area contributed by atoms with Crippen LogP contribution in [0.25, 0.3) is 0 Å². The van der Waals surface area contributed by atoms with E-state index < -0.39 is 23.6 Å². The lowest BCUT2D eigenvalue weighted by atomic mass is 10.1. The van der Waals surface area contributed by atoms with Gasteiger partial charge in [-0.2, -0.15) is 0 Å². The molecule has 1 N–H and O–H groups in total. The van der Waals surface area contributed by atoms with Gasteiger partial charge in [0.05, 0.1) is 6.20 Å². The van der Waals surface area contributed by atoms with E-state index in [1.807, 2.05) is 0 Å². The van der Waals surface area contributed by atoms with Gasteiger partial charge in [0, 0.05) is 18.2 Å². The normalized spacial score (nSPS) is 20.3. The van der Waals surface area contributed by atoms with Crippen molar-refractivity contribution < 1.29 is 22.7 Å². The highest BCUT2D eigenvalue weighted by molar-refractivity contribution is 5.81. The van der Waals surface area contributed by atoms with Crippen LogP contribution in [0.15, 0.2) is 36.7 Å². The minimum Gasteiger partial charge on any atom is -0.479 e. The molecule has 1 fully saturated rings. The number of hydrogen-bond donors (Lipinski definition) is 1. The Bertz CT molecular complexity index is 732. The number of rotatable bonds is 5. The van der Waals surface area contributed by atoms with Crippen LogP contribution in [0.4, 0.5) is 13.2 Å². The molecule has 3 rings (SSSR count). The summed E-state index contributed by atoms with van der Waals surface area (Å²) in [5, 5.41) is 2.75. The maximum absolute atomic E-state index is 13.3. The predicted octanol–water partition coefficient (Wildman–Crippen LogP) is 2.94. The van der Waals surface area contributed by atoms with Crippen molar-refractivity contribution in [1.29, 1.82) is 0 Å². The number of aromatic nitrogens is 1. The number of carbonyl (C=O) groups is 1. The summed E-state index contributed by atoms with van der Waals surface area (Å²) in [4.78, 5) is 16.0. The summed E-state index contributed by atoms with van der Waals surface area (Å²) in [6.07, 6.45) is 2.88. The molecule has 1 aromatic heterocycles. The minimum atomic E-state index is -1.49. The van der Waals surface area contributed by atoms with E-state index in [2.05, 4.69) is 10.3 Å². The number of benzene rings is 1. The highest BCUT2D eigenvalue weighted by Crippen LogP contribution is 2.41. The molecule has 7 heteroatoms. The van der Waals surface area contributed by atoms with Crippen molar-refractivity contribution in [3.05, 3.63) is 59.7 Å². The molecule has 0 radical (unpaired) electrons. The van der Waals surface area contributed by atoms with Gasteiger partial charge in [-0.15, -0.1) is 0 Å². The molecule has 126 valence electrons. The first-order valence-corrected chi connectivity index (χ1v) is 7.47. The van der Waals surface area contributed by atoms with E-state index in [0.717, 1.165) is 12.1 Å². The zero-order valence-corrected chi connectivity index (χ0v) is 12.8. The lowest BCUT2D eigenvalue weighted by molar-refractivity contribution is -0.127. The van der Waals surface area contributed by atoms with Gasteiger partial charge in [0.1, 0.15) is 5.75 Å². The number of ether oxygens (including phenoxy) is 1. The Morgan fingerprint density at radius 1 is 1.33 bits per heavy atom. The zero-order valence-electron chi connectivity index (χ0n) is 12.8. The number of pyridine rings is 1. The standard InChI is InChI=1S/C17H15F3N2O2/c1-9(24-11-3-2-4-21-8-11)17(23)22-15-7-12(15)10-5-13(18)16(20)14(19)6-10/h2-6,8-9,12,15H,7H2,1H3,(H,22,23)/t9-,12-,15+/m0/s1. The Balaban J connectivity index is 1.57. The number of nitrogens with zero attached hydrogens (tertiary/aromatic N) is 1. The molecule has 1 aliphatic carbocycles. The number of halogens is 3. The van der Waals surface area contributed by atoms with E-state index in [1.165, 1.54) is 6.20 Å². The van der Waals surface area contributed by atoms with Crippen LogP contribution in [-0.4, -0.2) is 23.0 Å². The van der Waals surface area contributed by atoms with Gasteiger partial charge in [-0.05, 0) is 43.2 Å². The minimum absolute atomic E-state index is 0.232. The van der Waals surface area contributed by atoms with Crippen LogP contribution in [0.2, 0.25) is 0 Å². The van der Waals surface area contributed by atoms with Gasteiger partial charge in [0.25, 0.3) is 5.91 Å². The molecule has 0 aliphatic heterocycles. The molecule has 24 heavy (non-hydrogen) atoms. The molecule has 1 aliphatic rings. The third-order valence-electron chi connectivity index (χ3n) is 3.87. The first-order chi connectivity index (χ1) is 11.5. The van der Waals surface area contributed by atoms with E-state index >= 15 is 0 Å². The fourth-order valence-electron chi connectivity index (χ4n) is 2.49. The lowest BCUT2D eigenvalue weighted by Gasteiger charge is -2.14. The molecular weight excluding hydrogens is 321 g/mol. The Kier molecular flexibility index (Phi) is 4.42. The molecule has 1 saturated carbocycles. The van der Waals surface area contributed by atoms with Crippen LogP contribution in [0.5, 0.6) is 5.75 Å². The van der Waals surface area contributed by atoms with E-state index in [4.69, 9.17) is 4.74 Å². The van der Waals surface area contributed by atoms with E-state index in [9.17, 15) is 18.0 Å². The number of nitrogens with one attached hydrogen (secondary N) is 1. The van der Waals surface area contributed by atoms with Crippen LogP contribution in [-0.2, 0) is 4.79 Å². The Morgan fingerprint density at radius 3 is 2.67 bits per heavy atom. The molecule has 0 unspecified atom stereocenters. The topological polar surface area (TPSA) is 51.2 Å². The highest BCUT2D eigenvalue weighted by atomic mass is 19.2. The molecule has 1 amide bonds. The summed E-state index contributed by atoms with van der Waals surface area (Å²) in [5.41, 5.74) is 0.331. The quantitative estimate of drug-likeness (QED) is 0.854. The molecule has 0 spiro atoms. The molecular formula is C17H15F3N2O2. The van der Waals surface area contributed by atoms with Crippen molar-refractivity contribution in [3.63, 3.8) is 0 Å².